The van der Waals surface area contributed by atoms with Crippen LogP contribution in [-0.2, 0) is 4.84 Å². The van der Waals surface area contributed by atoms with Gasteiger partial charge in [-0.3, -0.25) is 9.85 Å². The lowest BCUT2D eigenvalue weighted by Gasteiger charge is -2.23. The molecule has 0 aromatic carbocycles. The molecule has 0 saturated carbocycles. The van der Waals surface area contributed by atoms with Crippen molar-refractivity contribution in [1.82, 2.24) is 15.7 Å². The van der Waals surface area contributed by atoms with E-state index >= 15 is 0 Å². The predicted molar refractivity (Wildman–Crippen MR) is 38.1 cm³/mol. The van der Waals surface area contributed by atoms with E-state index in [1.807, 2.05) is 17.4 Å². The summed E-state index contributed by atoms with van der Waals surface area (Å²) in [7, 11) is 1.61. The minimum absolute atomic E-state index is 0.441. The minimum atomic E-state index is 0.441. The summed E-state index contributed by atoms with van der Waals surface area (Å²) in [5.74, 6) is 0. The average molecular weight is 143 g/mol. The Hall–Kier alpha value is -0.740. The maximum atomic E-state index is 4.89. The Kier molecular flexibility index (Phi) is 2.13. The molecule has 0 aromatic heterocycles. The van der Waals surface area contributed by atoms with Gasteiger partial charge in [-0.05, 0) is 13.8 Å². The van der Waals surface area contributed by atoms with Crippen LogP contribution in [-0.4, -0.2) is 23.3 Å². The van der Waals surface area contributed by atoms with Crippen molar-refractivity contribution in [2.45, 2.75) is 19.9 Å². The molecule has 10 heavy (non-hydrogen) atoms. The average Bonchev–Trinajstić information content (AvgIpc) is 2.34. The molecule has 4 nitrogen and oxygen atoms in total. The molecule has 0 atom stereocenters. The lowest BCUT2D eigenvalue weighted by molar-refractivity contribution is -0.157. The molecule has 0 spiro atoms. The maximum absolute atomic E-state index is 4.89. The van der Waals surface area contributed by atoms with Crippen LogP contribution in [0.2, 0.25) is 0 Å². The quantitative estimate of drug-likeness (QED) is 0.608. The SMILES string of the molecule is CON1C=CN(C(C)C)N1. The van der Waals surface area contributed by atoms with Gasteiger partial charge in [0.05, 0.1) is 13.3 Å². The highest BCUT2D eigenvalue weighted by Crippen LogP contribution is 2.03. The van der Waals surface area contributed by atoms with Gasteiger partial charge in [0.15, 0.2) is 0 Å². The van der Waals surface area contributed by atoms with E-state index in [2.05, 4.69) is 19.4 Å². The second-order valence-corrected chi connectivity index (χ2v) is 2.41. The van der Waals surface area contributed by atoms with Crippen molar-refractivity contribution in [3.63, 3.8) is 0 Å². The van der Waals surface area contributed by atoms with Crippen molar-refractivity contribution in [3.05, 3.63) is 12.4 Å². The Morgan fingerprint density at radius 2 is 2.10 bits per heavy atom. The van der Waals surface area contributed by atoms with E-state index in [1.165, 1.54) is 0 Å². The summed E-state index contributed by atoms with van der Waals surface area (Å²) >= 11 is 0. The second-order valence-electron chi connectivity index (χ2n) is 2.41. The monoisotopic (exact) mass is 143 g/mol. The van der Waals surface area contributed by atoms with E-state index in [0.717, 1.165) is 0 Å². The third kappa shape index (κ3) is 1.40. The zero-order chi connectivity index (χ0) is 7.56. The van der Waals surface area contributed by atoms with Crippen LogP contribution < -0.4 is 5.53 Å². The molecular formula is C6H13N3O. The van der Waals surface area contributed by atoms with Gasteiger partial charge in [-0.15, -0.1) is 5.53 Å². The zero-order valence-corrected chi connectivity index (χ0v) is 6.53. The van der Waals surface area contributed by atoms with Crippen LogP contribution in [0.4, 0.5) is 0 Å². The molecule has 0 saturated heterocycles. The summed E-state index contributed by atoms with van der Waals surface area (Å²) in [6.45, 7) is 4.19. The molecule has 1 aliphatic rings. The highest BCUT2D eigenvalue weighted by molar-refractivity contribution is 4.83. The van der Waals surface area contributed by atoms with Gasteiger partial charge in [0.25, 0.3) is 0 Å². The van der Waals surface area contributed by atoms with Gasteiger partial charge >= 0.3 is 0 Å². The number of hydrogen-bond acceptors (Lipinski definition) is 4. The summed E-state index contributed by atoms with van der Waals surface area (Å²) in [6, 6.07) is 0.441. The first kappa shape index (κ1) is 7.37. The number of rotatable bonds is 2. The maximum Gasteiger partial charge on any atom is 0.0657 e. The van der Waals surface area contributed by atoms with Gasteiger partial charge in [0.2, 0.25) is 0 Å². The fraction of sp³-hybridized carbons (Fsp3) is 0.667. The molecule has 1 aliphatic heterocycles. The van der Waals surface area contributed by atoms with Crippen LogP contribution in [0.15, 0.2) is 12.4 Å². The van der Waals surface area contributed by atoms with Crippen molar-refractivity contribution in [2.24, 2.45) is 0 Å². The van der Waals surface area contributed by atoms with Gasteiger partial charge in [-0.1, -0.05) is 0 Å². The van der Waals surface area contributed by atoms with Gasteiger partial charge in [-0.25, -0.2) is 0 Å². The molecule has 0 fully saturated rings. The van der Waals surface area contributed by atoms with Crippen molar-refractivity contribution in [2.75, 3.05) is 7.11 Å². The highest BCUT2D eigenvalue weighted by Gasteiger charge is 2.12. The van der Waals surface area contributed by atoms with E-state index in [9.17, 15) is 0 Å². The van der Waals surface area contributed by atoms with Gasteiger partial charge in [0, 0.05) is 12.2 Å². The standard InChI is InChI=1S/C6H13N3O/c1-6(2)8-4-5-9(7-8)10-3/h4-7H,1-3H3. The Labute approximate surface area is 60.9 Å². The number of hydrazine groups is 2. The molecule has 0 unspecified atom stereocenters. The predicted octanol–water partition coefficient (Wildman–Crippen LogP) is 0.465. The second kappa shape index (κ2) is 2.90. The van der Waals surface area contributed by atoms with Crippen LogP contribution >= 0.6 is 0 Å². The van der Waals surface area contributed by atoms with E-state index < -0.39 is 0 Å². The third-order valence-corrected chi connectivity index (χ3v) is 1.33. The number of hydroxylamine groups is 1. The van der Waals surface area contributed by atoms with Crippen LogP contribution in [0.25, 0.3) is 0 Å². The molecular weight excluding hydrogens is 130 g/mol. The minimum Gasteiger partial charge on any atom is -0.292 e. The van der Waals surface area contributed by atoms with E-state index in [1.54, 1.807) is 12.3 Å². The lowest BCUT2D eigenvalue weighted by atomic mass is 10.4. The normalized spacial score (nSPS) is 17.6. The molecule has 0 aromatic rings. The molecule has 58 valence electrons. The molecule has 0 radical (unpaired) electrons. The summed E-state index contributed by atoms with van der Waals surface area (Å²) in [5, 5.41) is 3.49. The molecule has 1 rings (SSSR count). The van der Waals surface area contributed by atoms with E-state index in [4.69, 9.17) is 4.84 Å². The Morgan fingerprint density at radius 3 is 2.40 bits per heavy atom. The fourth-order valence-corrected chi connectivity index (χ4v) is 0.702. The number of nitrogens with one attached hydrogen (secondary N) is 1. The Balaban J connectivity index is 2.37. The van der Waals surface area contributed by atoms with E-state index in [-0.39, 0.29) is 0 Å². The fourth-order valence-electron chi connectivity index (χ4n) is 0.702. The van der Waals surface area contributed by atoms with Gasteiger partial charge in [0.1, 0.15) is 0 Å². The first-order chi connectivity index (χ1) is 4.74. The van der Waals surface area contributed by atoms with Crippen molar-refractivity contribution >= 4 is 0 Å². The van der Waals surface area contributed by atoms with Crippen LogP contribution in [0.5, 0.6) is 0 Å². The van der Waals surface area contributed by atoms with Crippen molar-refractivity contribution < 1.29 is 4.84 Å². The third-order valence-electron chi connectivity index (χ3n) is 1.33. The molecule has 0 aliphatic carbocycles. The zero-order valence-electron chi connectivity index (χ0n) is 6.53. The topological polar surface area (TPSA) is 27.7 Å². The summed E-state index contributed by atoms with van der Waals surface area (Å²) in [4.78, 5) is 4.89. The first-order valence-corrected chi connectivity index (χ1v) is 3.30. The summed E-state index contributed by atoms with van der Waals surface area (Å²) in [6.07, 6.45) is 3.74. The summed E-state index contributed by atoms with van der Waals surface area (Å²) in [5.41, 5.74) is 2.97. The highest BCUT2D eigenvalue weighted by atomic mass is 16.7. The van der Waals surface area contributed by atoms with Crippen molar-refractivity contribution in [3.8, 4) is 0 Å². The Bertz CT molecular complexity index is 135. The largest absolute Gasteiger partial charge is 0.292 e. The van der Waals surface area contributed by atoms with E-state index in [0.29, 0.717) is 6.04 Å². The lowest BCUT2D eigenvalue weighted by Crippen LogP contribution is -2.42. The van der Waals surface area contributed by atoms with Gasteiger partial charge < -0.3 is 0 Å². The molecule has 1 heterocycles. The molecule has 0 amide bonds. The van der Waals surface area contributed by atoms with Gasteiger partial charge in [-0.2, -0.15) is 5.17 Å². The van der Waals surface area contributed by atoms with Crippen LogP contribution in [0, 0.1) is 0 Å². The Morgan fingerprint density at radius 1 is 1.40 bits per heavy atom. The number of hydrogen-bond donors (Lipinski definition) is 1. The molecule has 1 N–H and O–H groups in total. The smallest absolute Gasteiger partial charge is 0.0657 e. The first-order valence-electron chi connectivity index (χ1n) is 3.30. The molecule has 4 heteroatoms. The molecule has 0 bridgehead atoms. The number of nitrogens with zero attached hydrogens (tertiary/aromatic N) is 2. The van der Waals surface area contributed by atoms with Crippen LogP contribution in [0.1, 0.15) is 13.8 Å². The summed E-state index contributed by atoms with van der Waals surface area (Å²) < 4.78 is 0. The van der Waals surface area contributed by atoms with Crippen LogP contribution in [0.3, 0.4) is 0 Å². The van der Waals surface area contributed by atoms with Crippen molar-refractivity contribution in [1.29, 1.82) is 0 Å².